The predicted molar refractivity (Wildman–Crippen MR) is 61.4 cm³/mol. The molecule has 1 heteroatoms. The van der Waals surface area contributed by atoms with Gasteiger partial charge in [-0.3, -0.25) is 0 Å². The Labute approximate surface area is 88.7 Å². The Bertz CT molecular complexity index is 197. The smallest absolute Gasteiger partial charge is 0.0121 e. The molecule has 3 atom stereocenters. The van der Waals surface area contributed by atoms with Crippen LogP contribution in [0.3, 0.4) is 0 Å². The molecule has 82 valence electrons. The van der Waals surface area contributed by atoms with E-state index in [0.29, 0.717) is 5.41 Å². The second-order valence-corrected chi connectivity index (χ2v) is 6.11. The fourth-order valence-corrected chi connectivity index (χ4v) is 2.98. The molecule has 2 aliphatic carbocycles. The molecule has 0 saturated heterocycles. The molecule has 0 aromatic heterocycles. The van der Waals surface area contributed by atoms with Crippen LogP contribution in [0.4, 0.5) is 0 Å². The minimum absolute atomic E-state index is 0.535. The maximum absolute atomic E-state index is 3.90. The van der Waals surface area contributed by atoms with Crippen molar-refractivity contribution in [1.29, 1.82) is 0 Å². The van der Waals surface area contributed by atoms with Gasteiger partial charge in [-0.1, -0.05) is 33.6 Å². The van der Waals surface area contributed by atoms with Crippen molar-refractivity contribution in [2.45, 2.75) is 71.4 Å². The van der Waals surface area contributed by atoms with Gasteiger partial charge < -0.3 is 5.32 Å². The fraction of sp³-hybridized carbons (Fsp3) is 1.00. The summed E-state index contributed by atoms with van der Waals surface area (Å²) in [5.74, 6) is 0.924. The third kappa shape index (κ3) is 1.98. The molecular weight excluding hydrogens is 170 g/mol. The van der Waals surface area contributed by atoms with Gasteiger partial charge in [0, 0.05) is 12.1 Å². The van der Waals surface area contributed by atoms with E-state index in [1.165, 1.54) is 38.5 Å². The predicted octanol–water partition coefficient (Wildman–Crippen LogP) is 3.34. The summed E-state index contributed by atoms with van der Waals surface area (Å²) >= 11 is 0. The monoisotopic (exact) mass is 195 g/mol. The summed E-state index contributed by atoms with van der Waals surface area (Å²) < 4.78 is 0. The van der Waals surface area contributed by atoms with Gasteiger partial charge in [-0.05, 0) is 37.0 Å². The van der Waals surface area contributed by atoms with Crippen LogP contribution in [0.2, 0.25) is 0 Å². The van der Waals surface area contributed by atoms with E-state index < -0.39 is 0 Å². The van der Waals surface area contributed by atoms with Gasteiger partial charge in [-0.15, -0.1) is 0 Å². The maximum atomic E-state index is 3.90. The zero-order valence-electron chi connectivity index (χ0n) is 9.97. The molecule has 0 amide bonds. The molecular formula is C13H25N. The van der Waals surface area contributed by atoms with Gasteiger partial charge in [0.2, 0.25) is 0 Å². The van der Waals surface area contributed by atoms with Crippen molar-refractivity contribution in [1.82, 2.24) is 5.32 Å². The lowest BCUT2D eigenvalue weighted by atomic mass is 9.71. The van der Waals surface area contributed by atoms with Gasteiger partial charge in [-0.25, -0.2) is 0 Å². The van der Waals surface area contributed by atoms with E-state index in [9.17, 15) is 0 Å². The Balaban J connectivity index is 1.88. The van der Waals surface area contributed by atoms with Crippen LogP contribution in [0.15, 0.2) is 0 Å². The van der Waals surface area contributed by atoms with Gasteiger partial charge in [-0.2, -0.15) is 0 Å². The maximum Gasteiger partial charge on any atom is 0.0121 e. The largest absolute Gasteiger partial charge is 0.310 e. The van der Waals surface area contributed by atoms with Crippen LogP contribution < -0.4 is 5.32 Å². The van der Waals surface area contributed by atoms with Crippen molar-refractivity contribution in [3.05, 3.63) is 0 Å². The lowest BCUT2D eigenvalue weighted by Crippen LogP contribution is -2.53. The average Bonchev–Trinajstić information content (AvgIpc) is 2.13. The zero-order chi connectivity index (χ0) is 10.2. The summed E-state index contributed by atoms with van der Waals surface area (Å²) in [5.41, 5.74) is 0.535. The first-order valence-corrected chi connectivity index (χ1v) is 6.36. The average molecular weight is 195 g/mol. The second-order valence-electron chi connectivity index (χ2n) is 6.11. The molecule has 2 fully saturated rings. The molecule has 0 radical (unpaired) electrons. The van der Waals surface area contributed by atoms with Crippen LogP contribution in [0, 0.1) is 11.3 Å². The van der Waals surface area contributed by atoms with Crippen molar-refractivity contribution in [2.75, 3.05) is 0 Å². The molecule has 0 heterocycles. The van der Waals surface area contributed by atoms with E-state index in [0.717, 1.165) is 18.0 Å². The van der Waals surface area contributed by atoms with Crippen molar-refractivity contribution in [2.24, 2.45) is 11.3 Å². The Morgan fingerprint density at radius 1 is 1.07 bits per heavy atom. The van der Waals surface area contributed by atoms with Crippen LogP contribution in [-0.4, -0.2) is 12.1 Å². The van der Waals surface area contributed by atoms with E-state index in [1.807, 2.05) is 0 Å². The van der Waals surface area contributed by atoms with Gasteiger partial charge in [0.25, 0.3) is 0 Å². The number of rotatable bonds is 2. The molecule has 0 spiro atoms. The molecule has 0 bridgehead atoms. The van der Waals surface area contributed by atoms with Crippen LogP contribution in [0.25, 0.3) is 0 Å². The Morgan fingerprint density at radius 3 is 2.36 bits per heavy atom. The first kappa shape index (κ1) is 10.5. The van der Waals surface area contributed by atoms with E-state index in [4.69, 9.17) is 0 Å². The van der Waals surface area contributed by atoms with Crippen LogP contribution in [0.1, 0.15) is 59.3 Å². The first-order chi connectivity index (χ1) is 6.59. The molecule has 1 nitrogen and oxygen atoms in total. The topological polar surface area (TPSA) is 12.0 Å². The SMILES string of the molecule is CC1CCC1NC1CCCCC1(C)C. The normalized spacial score (nSPS) is 41.8. The van der Waals surface area contributed by atoms with E-state index in [-0.39, 0.29) is 0 Å². The third-order valence-electron chi connectivity index (χ3n) is 4.54. The highest BCUT2D eigenvalue weighted by Crippen LogP contribution is 2.37. The highest BCUT2D eigenvalue weighted by molar-refractivity contribution is 4.93. The molecule has 14 heavy (non-hydrogen) atoms. The zero-order valence-corrected chi connectivity index (χ0v) is 9.97. The highest BCUT2D eigenvalue weighted by atomic mass is 15.0. The Morgan fingerprint density at radius 2 is 1.86 bits per heavy atom. The van der Waals surface area contributed by atoms with E-state index in [1.54, 1.807) is 0 Å². The minimum Gasteiger partial charge on any atom is -0.310 e. The van der Waals surface area contributed by atoms with Gasteiger partial charge >= 0.3 is 0 Å². The highest BCUT2D eigenvalue weighted by Gasteiger charge is 2.36. The second kappa shape index (κ2) is 3.84. The summed E-state index contributed by atoms with van der Waals surface area (Å²) in [5, 5.41) is 3.90. The molecule has 3 unspecified atom stereocenters. The third-order valence-corrected chi connectivity index (χ3v) is 4.54. The molecule has 0 aromatic carbocycles. The van der Waals surface area contributed by atoms with Crippen molar-refractivity contribution >= 4 is 0 Å². The van der Waals surface area contributed by atoms with Crippen molar-refractivity contribution < 1.29 is 0 Å². The van der Waals surface area contributed by atoms with Crippen LogP contribution >= 0.6 is 0 Å². The summed E-state index contributed by atoms with van der Waals surface area (Å²) in [4.78, 5) is 0. The lowest BCUT2D eigenvalue weighted by Gasteiger charge is -2.45. The molecule has 2 saturated carbocycles. The van der Waals surface area contributed by atoms with E-state index >= 15 is 0 Å². The van der Waals surface area contributed by atoms with E-state index in [2.05, 4.69) is 26.1 Å². The number of hydrogen-bond acceptors (Lipinski definition) is 1. The quantitative estimate of drug-likeness (QED) is 0.712. The summed E-state index contributed by atoms with van der Waals surface area (Å²) in [6.07, 6.45) is 8.52. The fourth-order valence-electron chi connectivity index (χ4n) is 2.98. The number of nitrogens with one attached hydrogen (secondary N) is 1. The van der Waals surface area contributed by atoms with Gasteiger partial charge in [0.05, 0.1) is 0 Å². The Hall–Kier alpha value is -0.0400. The minimum atomic E-state index is 0.535. The van der Waals surface area contributed by atoms with Crippen molar-refractivity contribution in [3.8, 4) is 0 Å². The standard InChI is InChI=1S/C13H25N/c1-10-7-8-11(10)14-12-6-4-5-9-13(12,2)3/h10-12,14H,4-9H2,1-3H3. The van der Waals surface area contributed by atoms with Gasteiger partial charge in [0.15, 0.2) is 0 Å². The van der Waals surface area contributed by atoms with Crippen LogP contribution in [-0.2, 0) is 0 Å². The Kier molecular flexibility index (Phi) is 2.88. The molecule has 2 rings (SSSR count). The summed E-state index contributed by atoms with van der Waals surface area (Å²) in [7, 11) is 0. The first-order valence-electron chi connectivity index (χ1n) is 6.36. The molecule has 2 aliphatic rings. The van der Waals surface area contributed by atoms with Crippen LogP contribution in [0.5, 0.6) is 0 Å². The number of hydrogen-bond donors (Lipinski definition) is 1. The molecule has 1 N–H and O–H groups in total. The summed E-state index contributed by atoms with van der Waals surface area (Å²) in [6, 6.07) is 1.61. The van der Waals surface area contributed by atoms with Crippen molar-refractivity contribution in [3.63, 3.8) is 0 Å². The molecule has 0 aliphatic heterocycles. The van der Waals surface area contributed by atoms with Gasteiger partial charge in [0.1, 0.15) is 0 Å². The lowest BCUT2D eigenvalue weighted by molar-refractivity contribution is 0.113. The summed E-state index contributed by atoms with van der Waals surface area (Å²) in [6.45, 7) is 7.26. The molecule has 0 aromatic rings.